The summed E-state index contributed by atoms with van der Waals surface area (Å²) in [6, 6.07) is 5.98. The van der Waals surface area contributed by atoms with Crippen LogP contribution in [0.25, 0.3) is 32.3 Å². The molecule has 18 heteroatoms. The van der Waals surface area contributed by atoms with Gasteiger partial charge in [0.1, 0.15) is 26.0 Å². The number of carbonyl (C=O) groups is 2. The average molecular weight is 699 g/mol. The highest BCUT2D eigenvalue weighted by Gasteiger charge is 2.30. The van der Waals surface area contributed by atoms with Gasteiger partial charge in [0.2, 0.25) is 0 Å². The number of amides is 2. The van der Waals surface area contributed by atoms with Crippen LogP contribution in [0.4, 0.5) is 4.79 Å². The molecule has 1 atom stereocenters. The predicted octanol–water partition coefficient (Wildman–Crippen LogP) is 3.22. The van der Waals surface area contributed by atoms with Crippen LogP contribution < -0.4 is 10.1 Å². The highest BCUT2D eigenvalue weighted by atomic mass is 32.2. The molecule has 0 radical (unpaired) electrons. The number of hydrogen-bond acceptors (Lipinski definition) is 10. The lowest BCUT2D eigenvalue weighted by molar-refractivity contribution is -0.134. The van der Waals surface area contributed by atoms with Crippen LogP contribution in [0, 0.1) is 0 Å². The Morgan fingerprint density at radius 1 is 0.826 bits per heavy atom. The second-order valence-corrected chi connectivity index (χ2v) is 16.0. The van der Waals surface area contributed by atoms with Crippen LogP contribution in [0.5, 0.6) is 5.75 Å². The fraction of sp³-hybridized carbons (Fsp3) is 0.357. The van der Waals surface area contributed by atoms with Gasteiger partial charge >= 0.3 is 6.09 Å². The highest BCUT2D eigenvalue weighted by Crippen LogP contribution is 2.45. The summed E-state index contributed by atoms with van der Waals surface area (Å²) in [5.74, 6) is -0.744. The van der Waals surface area contributed by atoms with Crippen LogP contribution in [0.3, 0.4) is 0 Å². The molecule has 0 spiro atoms. The third-order valence-corrected chi connectivity index (χ3v) is 10.1. The summed E-state index contributed by atoms with van der Waals surface area (Å²) in [6.45, 7) is 5.03. The Bertz CT molecular complexity index is 2170. The number of nitrogens with one attached hydrogen (secondary N) is 1. The Balaban J connectivity index is 1.58. The zero-order valence-corrected chi connectivity index (χ0v) is 27.1. The van der Waals surface area contributed by atoms with E-state index in [2.05, 4.69) is 5.32 Å². The maximum atomic E-state index is 13.2. The molecule has 0 aromatic heterocycles. The van der Waals surface area contributed by atoms with Gasteiger partial charge in [0.15, 0.2) is 6.61 Å². The number of hydrogen-bond donors (Lipinski definition) is 4. The van der Waals surface area contributed by atoms with Crippen LogP contribution in [0.1, 0.15) is 33.6 Å². The molecule has 1 unspecified atom stereocenters. The first kappa shape index (κ1) is 33.6. The van der Waals surface area contributed by atoms with E-state index in [0.29, 0.717) is 25.5 Å². The third-order valence-electron chi connectivity index (χ3n) is 7.43. The normalized spacial score (nSPS) is 16.7. The van der Waals surface area contributed by atoms with Crippen LogP contribution >= 0.6 is 0 Å². The number of rotatable bonds is 7. The van der Waals surface area contributed by atoms with Gasteiger partial charge in [0.25, 0.3) is 36.3 Å². The first-order chi connectivity index (χ1) is 21.1. The molecule has 1 heterocycles. The van der Waals surface area contributed by atoms with Crippen molar-refractivity contribution in [1.82, 2.24) is 10.2 Å². The smallest absolute Gasteiger partial charge is 0.407 e. The lowest BCUT2D eigenvalue weighted by Crippen LogP contribution is -2.51. The van der Waals surface area contributed by atoms with E-state index in [-0.39, 0.29) is 44.6 Å². The van der Waals surface area contributed by atoms with Gasteiger partial charge in [-0.2, -0.15) is 25.3 Å². The van der Waals surface area contributed by atoms with Crippen molar-refractivity contribution in [3.05, 3.63) is 36.4 Å². The highest BCUT2D eigenvalue weighted by molar-refractivity contribution is 7.87. The van der Waals surface area contributed by atoms with Crippen LogP contribution in [0.15, 0.2) is 51.1 Å². The van der Waals surface area contributed by atoms with Crippen molar-refractivity contribution in [2.45, 2.75) is 59.9 Å². The Morgan fingerprint density at radius 3 is 1.80 bits per heavy atom. The van der Waals surface area contributed by atoms with E-state index in [1.807, 2.05) is 0 Å². The molecule has 0 aliphatic carbocycles. The summed E-state index contributed by atoms with van der Waals surface area (Å²) in [4.78, 5) is 24.4. The molecule has 0 bridgehead atoms. The summed E-state index contributed by atoms with van der Waals surface area (Å²) < 4.78 is 115. The van der Waals surface area contributed by atoms with E-state index in [1.54, 1.807) is 20.8 Å². The van der Waals surface area contributed by atoms with Gasteiger partial charge in [-0.3, -0.25) is 18.5 Å². The number of piperidine rings is 1. The van der Waals surface area contributed by atoms with Gasteiger partial charge in [-0.25, -0.2) is 4.79 Å². The number of benzene rings is 4. The second kappa shape index (κ2) is 11.5. The number of carbonyl (C=O) groups excluding carboxylic acids is 2. The van der Waals surface area contributed by atoms with Crippen molar-refractivity contribution >= 4 is 74.7 Å². The number of likely N-dealkylation sites (tertiary alicyclic amines) is 1. The zero-order chi connectivity index (χ0) is 34.0. The Hall–Kier alpha value is -3.81. The number of nitrogens with zero attached hydrogens (tertiary/aromatic N) is 1. The molecule has 4 aromatic rings. The van der Waals surface area contributed by atoms with Crippen LogP contribution in [-0.4, -0.2) is 87.2 Å². The van der Waals surface area contributed by atoms with Gasteiger partial charge in [-0.1, -0.05) is 18.2 Å². The Labute approximate surface area is 264 Å². The molecule has 0 saturated carbocycles. The van der Waals surface area contributed by atoms with Crippen molar-refractivity contribution < 1.29 is 58.0 Å². The quantitative estimate of drug-likeness (QED) is 0.161. The molecule has 1 aliphatic rings. The zero-order valence-electron chi connectivity index (χ0n) is 24.7. The van der Waals surface area contributed by atoms with E-state index in [0.717, 1.165) is 18.2 Å². The summed E-state index contributed by atoms with van der Waals surface area (Å²) in [5, 5.41) is 1.99. The minimum atomic E-state index is -5.07. The molecular weight excluding hydrogens is 669 g/mol. The molecule has 4 aromatic carbocycles. The Morgan fingerprint density at radius 2 is 1.30 bits per heavy atom. The lowest BCUT2D eigenvalue weighted by atomic mass is 9.93. The monoisotopic (exact) mass is 698 g/mol. The van der Waals surface area contributed by atoms with Gasteiger partial charge in [-0.05, 0) is 45.7 Å². The molecule has 248 valence electrons. The van der Waals surface area contributed by atoms with Crippen LogP contribution in [0.2, 0.25) is 0 Å². The molecule has 15 nitrogen and oxygen atoms in total. The van der Waals surface area contributed by atoms with Crippen molar-refractivity contribution in [2.75, 3.05) is 19.7 Å². The van der Waals surface area contributed by atoms with Crippen molar-refractivity contribution in [2.24, 2.45) is 0 Å². The standard InChI is InChI=1S/C28H30N2O13S3/c1-28(2,3)43-27(32)29-15-5-4-10-30(13-15)24(31)14-42-20-11-21(44(33,34)35)17-8-9-19-23(46(39,40)41)12-22(45(36,37)38)18-7-6-16(20)25(17)26(18)19/h6-9,11-12,15H,4-5,10,13-14H2,1-3H3,(H,29,32)(H,33,34,35)(H,36,37,38)(H,39,40,41). The van der Waals surface area contributed by atoms with Crippen molar-refractivity contribution in [3.63, 3.8) is 0 Å². The van der Waals surface area contributed by atoms with E-state index in [9.17, 15) is 48.5 Å². The fourth-order valence-corrected chi connectivity index (χ4v) is 7.86. The van der Waals surface area contributed by atoms with Crippen LogP contribution in [-0.2, 0) is 39.9 Å². The molecule has 46 heavy (non-hydrogen) atoms. The maximum absolute atomic E-state index is 13.2. The predicted molar refractivity (Wildman–Crippen MR) is 164 cm³/mol. The second-order valence-electron chi connectivity index (χ2n) is 11.9. The minimum absolute atomic E-state index is 0.0810. The SMILES string of the molecule is CC(C)(C)OC(=O)NC1CCCN(C(=O)COc2cc(S(=O)(=O)O)c3ccc4c(S(=O)(=O)O)cc(S(=O)(=O)O)c5ccc2c3c54)C1. The summed E-state index contributed by atoms with van der Waals surface area (Å²) in [7, 11) is -15.1. The Kier molecular flexibility index (Phi) is 8.36. The first-order valence-corrected chi connectivity index (χ1v) is 18.1. The molecule has 1 aliphatic heterocycles. The van der Waals surface area contributed by atoms with Gasteiger partial charge in [0, 0.05) is 57.5 Å². The summed E-state index contributed by atoms with van der Waals surface area (Å²) >= 11 is 0. The van der Waals surface area contributed by atoms with Gasteiger partial charge < -0.3 is 19.7 Å². The molecular formula is C28H30N2O13S3. The molecule has 1 fully saturated rings. The molecule has 4 N–H and O–H groups in total. The summed E-state index contributed by atoms with van der Waals surface area (Å²) in [5.41, 5.74) is -0.717. The molecule has 1 saturated heterocycles. The lowest BCUT2D eigenvalue weighted by Gasteiger charge is -2.33. The first-order valence-electron chi connectivity index (χ1n) is 13.8. The van der Waals surface area contributed by atoms with Crippen molar-refractivity contribution in [3.8, 4) is 5.75 Å². The number of alkyl carbamates (subject to hydrolysis) is 1. The molecule has 2 amide bonds. The molecule has 5 rings (SSSR count). The maximum Gasteiger partial charge on any atom is 0.407 e. The topological polar surface area (TPSA) is 231 Å². The average Bonchev–Trinajstić information content (AvgIpc) is 2.91. The number of ether oxygens (including phenoxy) is 2. The summed E-state index contributed by atoms with van der Waals surface area (Å²) in [6.07, 6.45) is 0.515. The fourth-order valence-electron chi connectivity index (χ4n) is 5.65. The minimum Gasteiger partial charge on any atom is -0.483 e. The van der Waals surface area contributed by atoms with E-state index < -0.39 is 75.3 Å². The van der Waals surface area contributed by atoms with E-state index >= 15 is 0 Å². The largest absolute Gasteiger partial charge is 0.483 e. The van der Waals surface area contributed by atoms with E-state index in [1.165, 1.54) is 17.0 Å². The van der Waals surface area contributed by atoms with Gasteiger partial charge in [-0.15, -0.1) is 0 Å². The van der Waals surface area contributed by atoms with Gasteiger partial charge in [0.05, 0.1) is 0 Å². The van der Waals surface area contributed by atoms with E-state index in [4.69, 9.17) is 9.47 Å². The third kappa shape index (κ3) is 6.67. The van der Waals surface area contributed by atoms with Crippen molar-refractivity contribution in [1.29, 1.82) is 0 Å².